The molecule has 0 radical (unpaired) electrons. The van der Waals surface area contributed by atoms with Crippen molar-refractivity contribution in [2.75, 3.05) is 0 Å². The van der Waals surface area contributed by atoms with Crippen molar-refractivity contribution in [1.82, 2.24) is 0 Å². The monoisotopic (exact) mass is 252 g/mol. The van der Waals surface area contributed by atoms with Gasteiger partial charge in [-0.25, -0.2) is 0 Å². The first-order valence-corrected chi connectivity index (χ1v) is 7.22. The Hall–Kier alpha value is -1.63. The van der Waals surface area contributed by atoms with E-state index in [-0.39, 0.29) is 5.92 Å². The maximum Gasteiger partial charge on any atom is 0.146 e. The molecule has 0 N–H and O–H groups in total. The summed E-state index contributed by atoms with van der Waals surface area (Å²) in [5.74, 6) is 0.819. The SMILES string of the molecule is Cc1ccccc1[C@@H]1C(C=O)=CC=C2CCCC[C@H]21. The van der Waals surface area contributed by atoms with E-state index in [0.717, 1.165) is 11.9 Å². The average Bonchev–Trinajstić information content (AvgIpc) is 2.47. The Morgan fingerprint density at radius 3 is 2.79 bits per heavy atom. The molecule has 1 aromatic rings. The number of allylic oxidation sites excluding steroid dienone is 4. The second-order valence-corrected chi connectivity index (χ2v) is 5.71. The van der Waals surface area contributed by atoms with Gasteiger partial charge < -0.3 is 0 Å². The van der Waals surface area contributed by atoms with Crippen molar-refractivity contribution in [3.8, 4) is 0 Å². The Balaban J connectivity index is 2.07. The highest BCUT2D eigenvalue weighted by Crippen LogP contribution is 2.46. The molecule has 2 atom stereocenters. The van der Waals surface area contributed by atoms with E-state index in [9.17, 15) is 4.79 Å². The first kappa shape index (κ1) is 12.4. The lowest BCUT2D eigenvalue weighted by atomic mass is 9.68. The second-order valence-electron chi connectivity index (χ2n) is 5.71. The fraction of sp³-hybridized carbons (Fsp3) is 0.389. The van der Waals surface area contributed by atoms with Crippen LogP contribution in [0.2, 0.25) is 0 Å². The van der Waals surface area contributed by atoms with Crippen LogP contribution in [0, 0.1) is 12.8 Å². The minimum absolute atomic E-state index is 0.277. The van der Waals surface area contributed by atoms with E-state index in [1.807, 2.05) is 6.08 Å². The average molecular weight is 252 g/mol. The van der Waals surface area contributed by atoms with E-state index < -0.39 is 0 Å². The van der Waals surface area contributed by atoms with Crippen LogP contribution in [0.5, 0.6) is 0 Å². The smallest absolute Gasteiger partial charge is 0.146 e. The maximum absolute atomic E-state index is 11.4. The molecule has 1 saturated carbocycles. The van der Waals surface area contributed by atoms with E-state index in [1.165, 1.54) is 36.8 Å². The zero-order chi connectivity index (χ0) is 13.2. The van der Waals surface area contributed by atoms with Crippen molar-refractivity contribution in [3.63, 3.8) is 0 Å². The van der Waals surface area contributed by atoms with Gasteiger partial charge in [0.2, 0.25) is 0 Å². The molecule has 0 bridgehead atoms. The fourth-order valence-electron chi connectivity index (χ4n) is 3.64. The number of benzene rings is 1. The minimum atomic E-state index is 0.277. The quantitative estimate of drug-likeness (QED) is 0.716. The third kappa shape index (κ3) is 2.18. The van der Waals surface area contributed by atoms with Gasteiger partial charge in [-0.05, 0) is 48.8 Å². The van der Waals surface area contributed by atoms with Crippen molar-refractivity contribution in [2.24, 2.45) is 5.92 Å². The number of hydrogen-bond donors (Lipinski definition) is 0. The Morgan fingerprint density at radius 1 is 1.16 bits per heavy atom. The zero-order valence-electron chi connectivity index (χ0n) is 11.4. The van der Waals surface area contributed by atoms with Crippen molar-refractivity contribution >= 4 is 6.29 Å². The van der Waals surface area contributed by atoms with E-state index in [0.29, 0.717) is 5.92 Å². The van der Waals surface area contributed by atoms with Crippen molar-refractivity contribution < 1.29 is 4.79 Å². The normalized spacial score (nSPS) is 26.2. The lowest BCUT2D eigenvalue weighted by Gasteiger charge is -2.36. The predicted molar refractivity (Wildman–Crippen MR) is 78.1 cm³/mol. The largest absolute Gasteiger partial charge is 0.298 e. The summed E-state index contributed by atoms with van der Waals surface area (Å²) in [5, 5.41) is 0. The Labute approximate surface area is 115 Å². The molecule has 0 spiro atoms. The summed E-state index contributed by atoms with van der Waals surface area (Å²) in [4.78, 5) is 11.4. The molecule has 0 saturated heterocycles. The van der Waals surface area contributed by atoms with Crippen LogP contribution in [0.3, 0.4) is 0 Å². The molecule has 1 fully saturated rings. The standard InChI is InChI=1S/C18H20O/c1-13-6-2-4-8-16(13)18-15(12-19)11-10-14-7-3-5-9-17(14)18/h2,4,6,8,10-12,17-18H,3,5,7,9H2,1H3/t17-,18+/m1/s1. The fourth-order valence-corrected chi connectivity index (χ4v) is 3.64. The van der Waals surface area contributed by atoms with Gasteiger partial charge in [-0.3, -0.25) is 4.79 Å². The van der Waals surface area contributed by atoms with Gasteiger partial charge in [-0.15, -0.1) is 0 Å². The van der Waals surface area contributed by atoms with E-state index >= 15 is 0 Å². The van der Waals surface area contributed by atoms with Crippen LogP contribution in [-0.4, -0.2) is 6.29 Å². The highest BCUT2D eigenvalue weighted by molar-refractivity contribution is 5.78. The highest BCUT2D eigenvalue weighted by atomic mass is 16.1. The van der Waals surface area contributed by atoms with Crippen LogP contribution in [0.15, 0.2) is 47.6 Å². The molecule has 0 aliphatic heterocycles. The molecule has 2 aliphatic rings. The molecule has 19 heavy (non-hydrogen) atoms. The molecule has 0 heterocycles. The van der Waals surface area contributed by atoms with Crippen LogP contribution in [-0.2, 0) is 4.79 Å². The summed E-state index contributed by atoms with van der Waals surface area (Å²) < 4.78 is 0. The number of fused-ring (bicyclic) bond motifs is 1. The van der Waals surface area contributed by atoms with E-state index in [1.54, 1.807) is 5.57 Å². The molecule has 1 nitrogen and oxygen atoms in total. The Morgan fingerprint density at radius 2 is 2.00 bits per heavy atom. The minimum Gasteiger partial charge on any atom is -0.298 e. The number of aldehydes is 1. The summed E-state index contributed by atoms with van der Waals surface area (Å²) in [6.45, 7) is 2.15. The molecule has 0 unspecified atom stereocenters. The van der Waals surface area contributed by atoms with Gasteiger partial charge in [-0.1, -0.05) is 48.4 Å². The number of aryl methyl sites for hydroxylation is 1. The maximum atomic E-state index is 11.4. The number of carbonyl (C=O) groups is 1. The zero-order valence-corrected chi connectivity index (χ0v) is 11.4. The third-order valence-corrected chi connectivity index (χ3v) is 4.62. The summed E-state index contributed by atoms with van der Waals surface area (Å²) >= 11 is 0. The van der Waals surface area contributed by atoms with Crippen molar-refractivity contribution in [1.29, 1.82) is 0 Å². The van der Waals surface area contributed by atoms with E-state index in [4.69, 9.17) is 0 Å². The Kier molecular flexibility index (Phi) is 3.37. The molecular formula is C18H20O. The lowest BCUT2D eigenvalue weighted by molar-refractivity contribution is -0.105. The van der Waals surface area contributed by atoms with Crippen LogP contribution in [0.4, 0.5) is 0 Å². The molecule has 1 aromatic carbocycles. The number of carbonyl (C=O) groups excluding carboxylic acids is 1. The first-order chi connectivity index (χ1) is 9.31. The summed E-state index contributed by atoms with van der Waals surface area (Å²) in [7, 11) is 0. The van der Waals surface area contributed by atoms with Gasteiger partial charge in [0.25, 0.3) is 0 Å². The number of hydrogen-bond acceptors (Lipinski definition) is 1. The first-order valence-electron chi connectivity index (χ1n) is 7.22. The van der Waals surface area contributed by atoms with Crippen LogP contribution >= 0.6 is 0 Å². The summed E-state index contributed by atoms with van der Waals surface area (Å²) in [6.07, 6.45) is 10.3. The van der Waals surface area contributed by atoms with Gasteiger partial charge in [0, 0.05) is 5.92 Å². The van der Waals surface area contributed by atoms with Crippen LogP contribution in [0.25, 0.3) is 0 Å². The summed E-state index contributed by atoms with van der Waals surface area (Å²) in [6, 6.07) is 8.50. The Bertz CT molecular complexity index is 551. The van der Waals surface area contributed by atoms with Gasteiger partial charge >= 0.3 is 0 Å². The van der Waals surface area contributed by atoms with Crippen LogP contribution in [0.1, 0.15) is 42.7 Å². The topological polar surface area (TPSA) is 17.1 Å². The summed E-state index contributed by atoms with van der Waals surface area (Å²) in [5.41, 5.74) is 5.13. The molecule has 0 aromatic heterocycles. The second kappa shape index (κ2) is 5.16. The molecular weight excluding hydrogens is 232 g/mol. The molecule has 98 valence electrons. The highest BCUT2D eigenvalue weighted by Gasteiger charge is 2.33. The van der Waals surface area contributed by atoms with Gasteiger partial charge in [-0.2, -0.15) is 0 Å². The van der Waals surface area contributed by atoms with Crippen LogP contribution < -0.4 is 0 Å². The molecule has 0 amide bonds. The van der Waals surface area contributed by atoms with Gasteiger partial charge in [0.1, 0.15) is 6.29 Å². The van der Waals surface area contributed by atoms with Gasteiger partial charge in [0.05, 0.1) is 0 Å². The van der Waals surface area contributed by atoms with Crippen molar-refractivity contribution in [3.05, 3.63) is 58.7 Å². The van der Waals surface area contributed by atoms with Crippen molar-refractivity contribution in [2.45, 2.75) is 38.5 Å². The molecule has 2 aliphatic carbocycles. The predicted octanol–water partition coefficient (Wildman–Crippen LogP) is 4.33. The molecule has 1 heteroatoms. The lowest BCUT2D eigenvalue weighted by Crippen LogP contribution is -2.24. The van der Waals surface area contributed by atoms with Gasteiger partial charge in [0.15, 0.2) is 0 Å². The van der Waals surface area contributed by atoms with E-state index in [2.05, 4.69) is 37.3 Å². The number of rotatable bonds is 2. The molecule has 3 rings (SSSR count). The third-order valence-electron chi connectivity index (χ3n) is 4.62.